The minimum Gasteiger partial charge on any atom is -0.280 e. The largest absolute Gasteiger partial charge is 0.280 e. The zero-order valence-electron chi connectivity index (χ0n) is 5.83. The van der Waals surface area contributed by atoms with Crippen LogP contribution in [0.3, 0.4) is 0 Å². The molecule has 0 bridgehead atoms. The van der Waals surface area contributed by atoms with Crippen molar-refractivity contribution >= 4 is 17.5 Å². The fourth-order valence-corrected chi connectivity index (χ4v) is 1.02. The molecular formula is C5H10N3S+. The highest BCUT2D eigenvalue weighted by Crippen LogP contribution is 2.11. The first-order valence-electron chi connectivity index (χ1n) is 2.70. The molecule has 9 heavy (non-hydrogen) atoms. The maximum atomic E-state index is 4.09. The quantitative estimate of drug-likeness (QED) is 0.543. The van der Waals surface area contributed by atoms with Crippen LogP contribution in [0.15, 0.2) is 6.20 Å². The monoisotopic (exact) mass is 144 g/mol. The predicted octanol–water partition coefficient (Wildman–Crippen LogP) is 0.735. The average molecular weight is 144 g/mol. The Morgan fingerprint density at radius 2 is 2.11 bits per heavy atom. The summed E-state index contributed by atoms with van der Waals surface area (Å²) >= 11 is 1.25. The van der Waals surface area contributed by atoms with Crippen molar-refractivity contribution in [3.8, 4) is 0 Å². The third-order valence-corrected chi connectivity index (χ3v) is 1.51. The van der Waals surface area contributed by atoms with E-state index in [2.05, 4.69) is 29.9 Å². The zero-order chi connectivity index (χ0) is 6.91. The van der Waals surface area contributed by atoms with Gasteiger partial charge in [0.2, 0.25) is 0 Å². The fourth-order valence-electron chi connectivity index (χ4n) is 0.455. The third kappa shape index (κ3) is 1.46. The van der Waals surface area contributed by atoms with E-state index in [0.717, 1.165) is 10.3 Å². The Bertz CT molecular complexity index is 175. The van der Waals surface area contributed by atoms with Crippen LogP contribution in [-0.4, -0.2) is 29.9 Å². The summed E-state index contributed by atoms with van der Waals surface area (Å²) in [6, 6.07) is 0. The molecule has 0 saturated heterocycles. The van der Waals surface area contributed by atoms with E-state index in [1.807, 2.05) is 0 Å². The summed E-state index contributed by atoms with van der Waals surface area (Å²) < 4.78 is 8.74. The van der Waals surface area contributed by atoms with Crippen LogP contribution < -0.4 is 4.48 Å². The molecular weight excluding hydrogens is 134 g/mol. The van der Waals surface area contributed by atoms with Crippen molar-refractivity contribution in [1.29, 1.82) is 0 Å². The highest BCUT2D eigenvalue weighted by Gasteiger charge is 2.13. The molecule has 4 heteroatoms. The van der Waals surface area contributed by atoms with Gasteiger partial charge in [-0.1, -0.05) is 0 Å². The summed E-state index contributed by atoms with van der Waals surface area (Å²) in [7, 11) is 6.20. The van der Waals surface area contributed by atoms with Crippen molar-refractivity contribution in [2.45, 2.75) is 0 Å². The fraction of sp³-hybridized carbons (Fsp3) is 0.600. The summed E-state index contributed by atoms with van der Waals surface area (Å²) in [6.45, 7) is 0. The van der Waals surface area contributed by atoms with Crippen molar-refractivity contribution in [1.82, 2.24) is 13.2 Å². The van der Waals surface area contributed by atoms with Crippen LogP contribution in [0.5, 0.6) is 0 Å². The predicted molar refractivity (Wildman–Crippen MR) is 39.5 cm³/mol. The van der Waals surface area contributed by atoms with Crippen molar-refractivity contribution < 1.29 is 0 Å². The standard InChI is InChI=1S/C5H10N3S/c1-8(2,3)5-4-6-9-7-5/h4H,1-3H3/q+1. The number of nitrogens with zero attached hydrogens (tertiary/aromatic N) is 3. The molecule has 0 spiro atoms. The topological polar surface area (TPSA) is 25.8 Å². The van der Waals surface area contributed by atoms with Crippen molar-refractivity contribution in [3.05, 3.63) is 6.20 Å². The van der Waals surface area contributed by atoms with Crippen LogP contribution in [-0.2, 0) is 0 Å². The second-order valence-electron chi connectivity index (χ2n) is 2.78. The van der Waals surface area contributed by atoms with E-state index in [1.165, 1.54) is 11.7 Å². The van der Waals surface area contributed by atoms with Crippen molar-refractivity contribution in [2.24, 2.45) is 0 Å². The lowest BCUT2D eigenvalue weighted by atomic mass is 10.6. The minimum atomic E-state index is 0.747. The number of hydrogen-bond donors (Lipinski definition) is 0. The van der Waals surface area contributed by atoms with E-state index in [9.17, 15) is 0 Å². The Balaban J connectivity index is 2.90. The summed E-state index contributed by atoms with van der Waals surface area (Å²) in [5.41, 5.74) is 0. The van der Waals surface area contributed by atoms with Crippen LogP contribution >= 0.6 is 11.7 Å². The zero-order valence-corrected chi connectivity index (χ0v) is 6.64. The first-order chi connectivity index (χ1) is 4.11. The molecule has 0 radical (unpaired) electrons. The SMILES string of the molecule is C[N+](C)(C)c1cnsn1. The summed E-state index contributed by atoms with van der Waals surface area (Å²) in [4.78, 5) is 0. The Labute approximate surface area is 58.9 Å². The average Bonchev–Trinajstić information content (AvgIpc) is 2.08. The smallest absolute Gasteiger partial charge is 0.258 e. The van der Waals surface area contributed by atoms with Gasteiger partial charge in [0.1, 0.15) is 6.20 Å². The van der Waals surface area contributed by atoms with Crippen molar-refractivity contribution in [3.63, 3.8) is 0 Å². The van der Waals surface area contributed by atoms with Gasteiger partial charge < -0.3 is 0 Å². The van der Waals surface area contributed by atoms with Gasteiger partial charge >= 0.3 is 0 Å². The van der Waals surface area contributed by atoms with Gasteiger partial charge in [-0.15, -0.1) is 4.37 Å². The van der Waals surface area contributed by atoms with Crippen LogP contribution in [0.4, 0.5) is 5.82 Å². The van der Waals surface area contributed by atoms with Crippen LogP contribution in [0.25, 0.3) is 0 Å². The minimum absolute atomic E-state index is 0.747. The Hall–Kier alpha value is -0.480. The van der Waals surface area contributed by atoms with Gasteiger partial charge in [0.25, 0.3) is 5.82 Å². The second kappa shape index (κ2) is 2.04. The van der Waals surface area contributed by atoms with Gasteiger partial charge in [-0.3, -0.25) is 4.48 Å². The van der Waals surface area contributed by atoms with Crippen LogP contribution in [0.2, 0.25) is 0 Å². The highest BCUT2D eigenvalue weighted by molar-refractivity contribution is 6.99. The lowest BCUT2D eigenvalue weighted by molar-refractivity contribution is 0.476. The molecule has 0 amide bonds. The van der Waals surface area contributed by atoms with E-state index in [0.29, 0.717) is 0 Å². The maximum absolute atomic E-state index is 4.09. The molecule has 1 aromatic rings. The summed E-state index contributed by atoms with van der Waals surface area (Å²) in [5, 5.41) is 0. The second-order valence-corrected chi connectivity index (χ2v) is 3.33. The highest BCUT2D eigenvalue weighted by atomic mass is 32.1. The van der Waals surface area contributed by atoms with Crippen LogP contribution in [0, 0.1) is 0 Å². The molecule has 0 unspecified atom stereocenters. The lowest BCUT2D eigenvalue weighted by Gasteiger charge is -2.18. The molecule has 50 valence electrons. The molecule has 0 aliphatic heterocycles. The number of aromatic nitrogens is 2. The van der Waals surface area contributed by atoms with E-state index in [1.54, 1.807) is 6.20 Å². The van der Waals surface area contributed by atoms with E-state index in [-0.39, 0.29) is 0 Å². The van der Waals surface area contributed by atoms with Crippen LogP contribution in [0.1, 0.15) is 0 Å². The Kier molecular flexibility index (Phi) is 1.50. The molecule has 0 aliphatic rings. The molecule has 0 fully saturated rings. The van der Waals surface area contributed by atoms with Gasteiger partial charge in [0, 0.05) is 0 Å². The number of quaternary nitrogens is 1. The molecule has 1 rings (SSSR count). The molecule has 0 saturated carbocycles. The Morgan fingerprint density at radius 1 is 1.44 bits per heavy atom. The van der Waals surface area contributed by atoms with Gasteiger partial charge in [-0.05, 0) is 0 Å². The van der Waals surface area contributed by atoms with Gasteiger partial charge in [0.05, 0.1) is 32.9 Å². The lowest BCUT2D eigenvalue weighted by Crippen LogP contribution is -2.34. The normalized spacial score (nSPS) is 11.9. The van der Waals surface area contributed by atoms with Gasteiger partial charge in [-0.2, -0.15) is 4.37 Å². The Morgan fingerprint density at radius 3 is 2.33 bits per heavy atom. The first-order valence-corrected chi connectivity index (χ1v) is 3.43. The molecule has 0 aromatic carbocycles. The van der Waals surface area contributed by atoms with E-state index >= 15 is 0 Å². The molecule has 0 N–H and O–H groups in total. The first kappa shape index (κ1) is 6.64. The van der Waals surface area contributed by atoms with E-state index in [4.69, 9.17) is 0 Å². The number of hydrogen-bond acceptors (Lipinski definition) is 3. The number of rotatable bonds is 1. The molecule has 3 nitrogen and oxygen atoms in total. The van der Waals surface area contributed by atoms with Gasteiger partial charge in [-0.25, -0.2) is 0 Å². The van der Waals surface area contributed by atoms with Gasteiger partial charge in [0.15, 0.2) is 0 Å². The molecule has 0 aliphatic carbocycles. The maximum Gasteiger partial charge on any atom is 0.258 e. The third-order valence-electron chi connectivity index (χ3n) is 1.04. The van der Waals surface area contributed by atoms with E-state index < -0.39 is 0 Å². The molecule has 0 atom stereocenters. The summed E-state index contributed by atoms with van der Waals surface area (Å²) in [6.07, 6.45) is 1.80. The molecule has 1 heterocycles. The van der Waals surface area contributed by atoms with Crippen molar-refractivity contribution in [2.75, 3.05) is 21.1 Å². The summed E-state index contributed by atoms with van der Waals surface area (Å²) in [5.74, 6) is 1.01. The molecule has 1 aromatic heterocycles.